The van der Waals surface area contributed by atoms with E-state index in [1.165, 1.54) is 55.9 Å². The average Bonchev–Trinajstić information content (AvgIpc) is 3.09. The van der Waals surface area contributed by atoms with Gasteiger partial charge in [-0.2, -0.15) is 0 Å². The van der Waals surface area contributed by atoms with E-state index in [0.717, 1.165) is 49.9 Å². The third kappa shape index (κ3) is 4.49. The molecule has 43 heavy (non-hydrogen) atoms. The SMILES string of the molecule is c1ccc(-c2cc3c(nc2-c2ccccc2)C2(CCC3)CCCc3cc(-c4ccccc4)c(-c4ccccc4)nc32)cc1. The molecule has 0 N–H and O–H groups in total. The Bertz CT molecular complexity index is 1750. The quantitative estimate of drug-likeness (QED) is 0.217. The molecule has 0 unspecified atom stereocenters. The Kier molecular flexibility index (Phi) is 6.48. The van der Waals surface area contributed by atoms with Gasteiger partial charge in [0.2, 0.25) is 0 Å². The smallest absolute Gasteiger partial charge is 0.0784 e. The Hall–Kier alpha value is -4.82. The molecule has 0 atom stereocenters. The topological polar surface area (TPSA) is 25.8 Å². The van der Waals surface area contributed by atoms with Gasteiger partial charge in [-0.25, -0.2) is 0 Å². The summed E-state index contributed by atoms with van der Waals surface area (Å²) in [7, 11) is 0. The van der Waals surface area contributed by atoms with Gasteiger partial charge in [0.25, 0.3) is 0 Å². The lowest BCUT2D eigenvalue weighted by Crippen LogP contribution is -2.38. The number of hydrogen-bond acceptors (Lipinski definition) is 2. The van der Waals surface area contributed by atoms with E-state index in [0.29, 0.717) is 0 Å². The number of aryl methyl sites for hydroxylation is 2. The summed E-state index contributed by atoms with van der Waals surface area (Å²) < 4.78 is 0. The number of benzene rings is 4. The van der Waals surface area contributed by atoms with Crippen LogP contribution >= 0.6 is 0 Å². The van der Waals surface area contributed by atoms with Gasteiger partial charge >= 0.3 is 0 Å². The van der Waals surface area contributed by atoms with Crippen molar-refractivity contribution in [2.45, 2.75) is 43.9 Å². The third-order valence-corrected chi connectivity index (χ3v) is 9.47. The largest absolute Gasteiger partial charge is 0.251 e. The van der Waals surface area contributed by atoms with E-state index in [1.807, 2.05) is 0 Å². The van der Waals surface area contributed by atoms with E-state index in [-0.39, 0.29) is 5.41 Å². The van der Waals surface area contributed by atoms with E-state index in [2.05, 4.69) is 133 Å². The lowest BCUT2D eigenvalue weighted by molar-refractivity contribution is 0.349. The normalized spacial score (nSPS) is 15.1. The van der Waals surface area contributed by atoms with Gasteiger partial charge in [-0.1, -0.05) is 121 Å². The highest BCUT2D eigenvalue weighted by Crippen LogP contribution is 2.51. The molecule has 2 nitrogen and oxygen atoms in total. The zero-order valence-electron chi connectivity index (χ0n) is 24.3. The van der Waals surface area contributed by atoms with Gasteiger partial charge in [0.1, 0.15) is 0 Å². The lowest BCUT2D eigenvalue weighted by atomic mass is 9.63. The molecule has 2 aromatic heterocycles. The molecule has 0 saturated heterocycles. The predicted octanol–water partition coefficient (Wildman–Crippen LogP) is 10.1. The Morgan fingerprint density at radius 2 is 0.767 bits per heavy atom. The van der Waals surface area contributed by atoms with Gasteiger partial charge in [-0.15, -0.1) is 0 Å². The maximum Gasteiger partial charge on any atom is 0.0784 e. The van der Waals surface area contributed by atoms with E-state index >= 15 is 0 Å². The van der Waals surface area contributed by atoms with Crippen LogP contribution in [0.3, 0.4) is 0 Å². The minimum absolute atomic E-state index is 0.182. The lowest BCUT2D eigenvalue weighted by Gasteiger charge is -2.42. The summed E-state index contributed by atoms with van der Waals surface area (Å²) in [6, 6.07) is 47.9. The first kappa shape index (κ1) is 25.9. The van der Waals surface area contributed by atoms with Crippen molar-refractivity contribution in [1.82, 2.24) is 9.97 Å². The Labute approximate surface area is 254 Å². The number of nitrogens with zero attached hydrogens (tertiary/aromatic N) is 2. The molecule has 6 aromatic rings. The fourth-order valence-electron chi connectivity index (χ4n) is 7.50. The Balaban J connectivity index is 1.38. The molecule has 208 valence electrons. The molecule has 0 aliphatic heterocycles. The number of aromatic nitrogens is 2. The molecule has 0 radical (unpaired) electrons. The van der Waals surface area contributed by atoms with Crippen LogP contribution in [0.4, 0.5) is 0 Å². The number of hydrogen-bond donors (Lipinski definition) is 0. The van der Waals surface area contributed by atoms with Gasteiger partial charge in [0, 0.05) is 22.3 Å². The van der Waals surface area contributed by atoms with Crippen LogP contribution < -0.4 is 0 Å². The van der Waals surface area contributed by atoms with Gasteiger partial charge in [0.05, 0.1) is 28.2 Å². The maximum absolute atomic E-state index is 5.68. The highest BCUT2D eigenvalue weighted by molar-refractivity contribution is 5.83. The molecule has 0 saturated carbocycles. The van der Waals surface area contributed by atoms with Gasteiger partial charge < -0.3 is 0 Å². The van der Waals surface area contributed by atoms with Crippen LogP contribution in [0, 0.1) is 0 Å². The summed E-state index contributed by atoms with van der Waals surface area (Å²) in [4.78, 5) is 11.4. The van der Waals surface area contributed by atoms with E-state index < -0.39 is 0 Å². The summed E-state index contributed by atoms with van der Waals surface area (Å²) in [6.45, 7) is 0. The summed E-state index contributed by atoms with van der Waals surface area (Å²) in [5.74, 6) is 0. The van der Waals surface area contributed by atoms with Crippen molar-refractivity contribution in [2.24, 2.45) is 0 Å². The summed E-state index contributed by atoms with van der Waals surface area (Å²) in [5, 5.41) is 0. The monoisotopic (exact) mass is 554 g/mol. The van der Waals surface area contributed by atoms with Crippen LogP contribution in [0.25, 0.3) is 44.8 Å². The van der Waals surface area contributed by atoms with Gasteiger partial charge in [-0.3, -0.25) is 9.97 Å². The fourth-order valence-corrected chi connectivity index (χ4v) is 7.50. The molecule has 1 spiro atoms. The fraction of sp³-hybridized carbons (Fsp3) is 0.171. The van der Waals surface area contributed by atoms with Crippen LogP contribution in [0.1, 0.15) is 48.2 Å². The minimum Gasteiger partial charge on any atom is -0.251 e. The van der Waals surface area contributed by atoms with Crippen LogP contribution in [-0.4, -0.2) is 9.97 Å². The van der Waals surface area contributed by atoms with Gasteiger partial charge in [-0.05, 0) is 72.9 Å². The first-order valence-electron chi connectivity index (χ1n) is 15.6. The zero-order valence-corrected chi connectivity index (χ0v) is 24.3. The molecule has 2 heterocycles. The van der Waals surface area contributed by atoms with Crippen LogP contribution in [0.15, 0.2) is 133 Å². The summed E-state index contributed by atoms with van der Waals surface area (Å²) in [6.07, 6.45) is 6.59. The van der Waals surface area contributed by atoms with E-state index in [4.69, 9.17) is 9.97 Å². The van der Waals surface area contributed by atoms with Crippen molar-refractivity contribution in [3.05, 3.63) is 156 Å². The van der Waals surface area contributed by atoms with Crippen LogP contribution in [0.5, 0.6) is 0 Å². The number of pyridine rings is 2. The summed E-state index contributed by atoms with van der Waals surface area (Å²) >= 11 is 0. The van der Waals surface area contributed by atoms with Crippen LogP contribution in [0.2, 0.25) is 0 Å². The second kappa shape index (κ2) is 10.8. The number of fused-ring (bicyclic) bond motifs is 4. The molecular formula is C41H34N2. The molecular weight excluding hydrogens is 520 g/mol. The molecule has 8 rings (SSSR count). The second-order valence-electron chi connectivity index (χ2n) is 12.0. The highest BCUT2D eigenvalue weighted by Gasteiger charge is 2.45. The second-order valence-corrected chi connectivity index (χ2v) is 12.0. The van der Waals surface area contributed by atoms with Crippen molar-refractivity contribution < 1.29 is 0 Å². The van der Waals surface area contributed by atoms with E-state index in [1.54, 1.807) is 0 Å². The van der Waals surface area contributed by atoms with Crippen molar-refractivity contribution in [2.75, 3.05) is 0 Å². The first-order valence-corrected chi connectivity index (χ1v) is 15.6. The molecule has 4 aromatic carbocycles. The Morgan fingerprint density at radius 3 is 1.14 bits per heavy atom. The zero-order chi connectivity index (χ0) is 28.6. The molecule has 2 aliphatic rings. The van der Waals surface area contributed by atoms with E-state index in [9.17, 15) is 0 Å². The minimum atomic E-state index is -0.182. The predicted molar refractivity (Wildman–Crippen MR) is 177 cm³/mol. The van der Waals surface area contributed by atoms with Crippen molar-refractivity contribution >= 4 is 0 Å². The Morgan fingerprint density at radius 1 is 0.419 bits per heavy atom. The van der Waals surface area contributed by atoms with Crippen molar-refractivity contribution in [3.8, 4) is 44.8 Å². The standard InChI is InChI=1S/C41H34N2/c1-5-15-29(16-6-1)35-27-33-23-13-25-41(39(33)42-37(35)31-19-9-3-10-20-31)26-14-24-34-28-36(30-17-7-2-8-18-30)38(43-40(34)41)32-21-11-4-12-22-32/h1-12,15-22,27-28H,13-14,23-26H2. The van der Waals surface area contributed by atoms with Crippen LogP contribution in [-0.2, 0) is 18.3 Å². The summed E-state index contributed by atoms with van der Waals surface area (Å²) in [5.41, 5.74) is 14.4. The molecule has 0 fully saturated rings. The average molecular weight is 555 g/mol. The molecule has 0 amide bonds. The maximum atomic E-state index is 5.68. The molecule has 0 bridgehead atoms. The molecule has 2 aliphatic carbocycles. The van der Waals surface area contributed by atoms with Crippen molar-refractivity contribution in [3.63, 3.8) is 0 Å². The first-order chi connectivity index (χ1) is 21.3. The third-order valence-electron chi connectivity index (χ3n) is 9.47. The molecule has 2 heteroatoms. The number of rotatable bonds is 4. The van der Waals surface area contributed by atoms with Crippen molar-refractivity contribution in [1.29, 1.82) is 0 Å². The highest BCUT2D eigenvalue weighted by atomic mass is 14.8. The van der Waals surface area contributed by atoms with Gasteiger partial charge in [0.15, 0.2) is 0 Å².